The Kier molecular flexibility index (Phi) is 5.84. The molecule has 1 fully saturated rings. The predicted molar refractivity (Wildman–Crippen MR) is 141 cm³/mol. The number of nitrogens with zero attached hydrogens (tertiary/aromatic N) is 3. The maximum Gasteiger partial charge on any atom is 0.174 e. The van der Waals surface area contributed by atoms with Crippen LogP contribution in [0.5, 0.6) is 11.5 Å². The van der Waals surface area contributed by atoms with Crippen LogP contribution in [0.4, 0.5) is 5.69 Å². The van der Waals surface area contributed by atoms with Crippen LogP contribution < -0.4 is 15.0 Å². The summed E-state index contributed by atoms with van der Waals surface area (Å²) in [5.74, 6) is 1.65. The monoisotopic (exact) mass is 468 g/mol. The second-order valence-electron chi connectivity index (χ2n) is 8.74. The summed E-state index contributed by atoms with van der Waals surface area (Å²) in [5.41, 5.74) is 6.76. The Morgan fingerprint density at radius 1 is 0.941 bits per heavy atom. The van der Waals surface area contributed by atoms with Crippen molar-refractivity contribution >= 4 is 23.0 Å². The van der Waals surface area contributed by atoms with Gasteiger partial charge in [-0.3, -0.25) is 4.98 Å². The van der Waals surface area contributed by atoms with E-state index < -0.39 is 0 Å². The first-order valence-electron chi connectivity index (χ1n) is 11.4. The Morgan fingerprint density at radius 3 is 2.32 bits per heavy atom. The van der Waals surface area contributed by atoms with Gasteiger partial charge < -0.3 is 19.5 Å². The molecule has 1 aliphatic heterocycles. The van der Waals surface area contributed by atoms with Crippen LogP contribution in [0.1, 0.15) is 40.3 Å². The van der Waals surface area contributed by atoms with E-state index in [4.69, 9.17) is 17.0 Å². The van der Waals surface area contributed by atoms with Crippen molar-refractivity contribution in [3.63, 3.8) is 0 Å². The van der Waals surface area contributed by atoms with Crippen molar-refractivity contribution in [3.05, 3.63) is 107 Å². The Balaban J connectivity index is 1.53. The lowest BCUT2D eigenvalue weighted by atomic mass is 9.96. The van der Waals surface area contributed by atoms with Gasteiger partial charge in [0.05, 0.1) is 17.8 Å². The van der Waals surface area contributed by atoms with E-state index in [9.17, 15) is 0 Å². The molecule has 3 heterocycles. The molecular weight excluding hydrogens is 440 g/mol. The van der Waals surface area contributed by atoms with E-state index in [1.165, 1.54) is 17.0 Å². The number of anilines is 1. The lowest BCUT2D eigenvalue weighted by Gasteiger charge is -2.28. The molecule has 2 atom stereocenters. The number of thiocarbonyl (C=S) groups is 1. The minimum absolute atomic E-state index is 0.0227. The van der Waals surface area contributed by atoms with Gasteiger partial charge in [0.25, 0.3) is 0 Å². The second-order valence-corrected chi connectivity index (χ2v) is 9.13. The fourth-order valence-electron chi connectivity index (χ4n) is 4.61. The number of benzene rings is 2. The van der Waals surface area contributed by atoms with E-state index >= 15 is 0 Å². The Hall–Kier alpha value is -3.64. The zero-order valence-electron chi connectivity index (χ0n) is 19.8. The standard InChI is InChI=1S/C28H28N4OS/c1-18-9-5-6-11-25(18)33-22-14-12-21(13-15-22)32-27(23-17-19(2)31(4)20(23)3)26(30-28(32)34)24-10-7-8-16-29-24/h5-17,26-27H,1-4H3,(H,30,34). The van der Waals surface area contributed by atoms with Gasteiger partial charge in [0.2, 0.25) is 0 Å². The van der Waals surface area contributed by atoms with Gasteiger partial charge in [-0.25, -0.2) is 0 Å². The second kappa shape index (κ2) is 8.95. The topological polar surface area (TPSA) is 42.3 Å². The number of pyridine rings is 1. The quantitative estimate of drug-likeness (QED) is 0.348. The van der Waals surface area contributed by atoms with Gasteiger partial charge >= 0.3 is 0 Å². The first kappa shape index (κ1) is 22.2. The number of rotatable bonds is 5. The minimum atomic E-state index is -0.0582. The summed E-state index contributed by atoms with van der Waals surface area (Å²) in [5, 5.41) is 4.23. The van der Waals surface area contributed by atoms with Crippen LogP contribution in [0.2, 0.25) is 0 Å². The smallest absolute Gasteiger partial charge is 0.174 e. The summed E-state index contributed by atoms with van der Waals surface area (Å²) in [7, 11) is 2.10. The predicted octanol–water partition coefficient (Wildman–Crippen LogP) is 6.31. The molecule has 0 amide bonds. The highest BCUT2D eigenvalue weighted by molar-refractivity contribution is 7.80. The molecule has 2 aromatic heterocycles. The van der Waals surface area contributed by atoms with Crippen molar-refractivity contribution in [3.8, 4) is 11.5 Å². The summed E-state index contributed by atoms with van der Waals surface area (Å²) in [6, 6.07) is 24.4. The summed E-state index contributed by atoms with van der Waals surface area (Å²) in [4.78, 5) is 6.85. The number of hydrogen-bond donors (Lipinski definition) is 1. The molecule has 0 radical (unpaired) electrons. The van der Waals surface area contributed by atoms with E-state index in [2.05, 4.69) is 64.9 Å². The lowest BCUT2D eigenvalue weighted by Crippen LogP contribution is -2.29. The van der Waals surface area contributed by atoms with Crippen LogP contribution in [0, 0.1) is 20.8 Å². The third-order valence-electron chi connectivity index (χ3n) is 6.67. The molecule has 172 valence electrons. The minimum Gasteiger partial charge on any atom is -0.457 e. The highest BCUT2D eigenvalue weighted by atomic mass is 32.1. The Labute approximate surface area is 206 Å². The zero-order chi connectivity index (χ0) is 23.8. The summed E-state index contributed by atoms with van der Waals surface area (Å²) >= 11 is 5.86. The van der Waals surface area contributed by atoms with Crippen LogP contribution in [-0.4, -0.2) is 14.7 Å². The van der Waals surface area contributed by atoms with Gasteiger partial charge in [0.1, 0.15) is 11.5 Å². The number of aromatic nitrogens is 2. The number of ether oxygens (including phenoxy) is 1. The maximum absolute atomic E-state index is 6.11. The van der Waals surface area contributed by atoms with Crippen molar-refractivity contribution < 1.29 is 4.74 Å². The highest BCUT2D eigenvalue weighted by Crippen LogP contribution is 2.43. The zero-order valence-corrected chi connectivity index (χ0v) is 20.6. The van der Waals surface area contributed by atoms with E-state index in [-0.39, 0.29) is 12.1 Å². The van der Waals surface area contributed by atoms with Crippen LogP contribution >= 0.6 is 12.2 Å². The largest absolute Gasteiger partial charge is 0.457 e. The number of aryl methyl sites for hydroxylation is 2. The van der Waals surface area contributed by atoms with Gasteiger partial charge in [-0.1, -0.05) is 24.3 Å². The molecule has 1 aliphatic rings. The van der Waals surface area contributed by atoms with E-state index in [1.807, 2.05) is 61.7 Å². The molecule has 5 rings (SSSR count). The highest BCUT2D eigenvalue weighted by Gasteiger charge is 2.42. The third kappa shape index (κ3) is 3.94. The SMILES string of the molecule is Cc1ccccc1Oc1ccc(N2C(=S)NC(c3ccccn3)C2c2cc(C)n(C)c2C)cc1. The molecule has 5 nitrogen and oxygen atoms in total. The average molecular weight is 469 g/mol. The fourth-order valence-corrected chi connectivity index (χ4v) is 4.95. The molecule has 6 heteroatoms. The normalized spacial score (nSPS) is 17.6. The summed E-state index contributed by atoms with van der Waals surface area (Å²) in [6.45, 7) is 6.34. The average Bonchev–Trinajstić information content (AvgIpc) is 3.32. The Bertz CT molecular complexity index is 1330. The molecule has 2 unspecified atom stereocenters. The first-order valence-corrected chi connectivity index (χ1v) is 11.8. The Morgan fingerprint density at radius 2 is 1.68 bits per heavy atom. The van der Waals surface area contributed by atoms with Crippen LogP contribution in [0.3, 0.4) is 0 Å². The van der Waals surface area contributed by atoms with Crippen LogP contribution in [0.25, 0.3) is 0 Å². The van der Waals surface area contributed by atoms with Crippen molar-refractivity contribution in [1.29, 1.82) is 0 Å². The van der Waals surface area contributed by atoms with Crippen LogP contribution in [-0.2, 0) is 7.05 Å². The van der Waals surface area contributed by atoms with E-state index in [0.717, 1.165) is 28.4 Å². The molecule has 34 heavy (non-hydrogen) atoms. The lowest BCUT2D eigenvalue weighted by molar-refractivity contribution is 0.479. The number of nitrogens with one attached hydrogen (secondary N) is 1. The van der Waals surface area contributed by atoms with E-state index in [0.29, 0.717) is 5.11 Å². The van der Waals surface area contributed by atoms with Gasteiger partial charge in [-0.05, 0) is 92.6 Å². The van der Waals surface area contributed by atoms with Gasteiger partial charge in [0, 0.05) is 30.3 Å². The molecule has 2 aromatic carbocycles. The van der Waals surface area contributed by atoms with Crippen molar-refractivity contribution in [2.75, 3.05) is 4.90 Å². The molecule has 0 saturated carbocycles. The van der Waals surface area contributed by atoms with Crippen molar-refractivity contribution in [1.82, 2.24) is 14.9 Å². The molecule has 1 N–H and O–H groups in total. The fraction of sp³-hybridized carbons (Fsp3) is 0.214. The molecule has 0 aliphatic carbocycles. The summed E-state index contributed by atoms with van der Waals surface area (Å²) in [6.07, 6.45) is 1.83. The third-order valence-corrected chi connectivity index (χ3v) is 6.98. The maximum atomic E-state index is 6.11. The van der Waals surface area contributed by atoms with Crippen LogP contribution in [0.15, 0.2) is 79.0 Å². The molecule has 4 aromatic rings. The van der Waals surface area contributed by atoms with Gasteiger partial charge in [-0.15, -0.1) is 0 Å². The molecule has 0 spiro atoms. The molecular formula is C28H28N4OS. The number of hydrogen-bond acceptors (Lipinski definition) is 3. The molecule has 0 bridgehead atoms. The van der Waals surface area contributed by atoms with Gasteiger partial charge in [-0.2, -0.15) is 0 Å². The van der Waals surface area contributed by atoms with Crippen molar-refractivity contribution in [2.24, 2.45) is 7.05 Å². The number of para-hydroxylation sites is 1. The van der Waals surface area contributed by atoms with Crippen molar-refractivity contribution in [2.45, 2.75) is 32.9 Å². The van der Waals surface area contributed by atoms with E-state index in [1.54, 1.807) is 0 Å². The molecule has 1 saturated heterocycles. The van der Waals surface area contributed by atoms with Gasteiger partial charge in [0.15, 0.2) is 5.11 Å². The first-order chi connectivity index (χ1) is 16.4. The summed E-state index contributed by atoms with van der Waals surface area (Å²) < 4.78 is 8.34.